The number of rotatable bonds is 5. The number of sulfone groups is 1. The van der Waals surface area contributed by atoms with Crippen LogP contribution in [-0.2, 0) is 24.7 Å². The van der Waals surface area contributed by atoms with Crippen LogP contribution in [0.25, 0.3) is 0 Å². The summed E-state index contributed by atoms with van der Waals surface area (Å²) < 4.78 is 49.7. The summed E-state index contributed by atoms with van der Waals surface area (Å²) in [4.78, 5) is 14.3. The molecule has 0 amide bonds. The van der Waals surface area contributed by atoms with E-state index in [0.717, 1.165) is 24.3 Å². The number of non-ortho nitro benzene ring substituents is 1. The van der Waals surface area contributed by atoms with E-state index in [1.165, 1.54) is 24.3 Å². The van der Waals surface area contributed by atoms with Crippen molar-refractivity contribution in [3.8, 4) is 0 Å². The van der Waals surface area contributed by atoms with E-state index >= 15 is 0 Å². The number of sulfonamides is 1. The lowest BCUT2D eigenvalue weighted by Crippen LogP contribution is -2.20. The zero-order valence-electron chi connectivity index (χ0n) is 11.8. The summed E-state index contributed by atoms with van der Waals surface area (Å²) in [6, 6.07) is 11.3. The third-order valence-corrected chi connectivity index (χ3v) is 6.73. The van der Waals surface area contributed by atoms with Gasteiger partial charge in [-0.15, -0.1) is 0 Å². The van der Waals surface area contributed by atoms with Crippen LogP contribution in [0.1, 0.15) is 0 Å². The van der Waals surface area contributed by atoms with E-state index in [9.17, 15) is 26.9 Å². The molecule has 1 aliphatic heterocycles. The standard InChI is InChI=1S/C13H10N2O7S2/c16-14(17)10-6-8-11(9-7-10)23(18,19)13-15(22-13)24(20,21)12-4-2-1-3-5-12/h1-9,13H. The number of hydroxylamine groups is 1. The van der Waals surface area contributed by atoms with Crippen molar-refractivity contribution in [2.75, 3.05) is 0 Å². The molecule has 126 valence electrons. The van der Waals surface area contributed by atoms with E-state index in [2.05, 4.69) is 0 Å². The third-order valence-electron chi connectivity index (χ3n) is 3.24. The van der Waals surface area contributed by atoms with Crippen LogP contribution in [0.2, 0.25) is 0 Å². The van der Waals surface area contributed by atoms with Gasteiger partial charge in [-0.2, -0.15) is 0 Å². The van der Waals surface area contributed by atoms with Gasteiger partial charge in [0.25, 0.3) is 21.3 Å². The molecule has 1 heterocycles. The van der Waals surface area contributed by atoms with Crippen molar-refractivity contribution in [2.24, 2.45) is 0 Å². The Morgan fingerprint density at radius 2 is 1.50 bits per heavy atom. The second-order valence-corrected chi connectivity index (χ2v) is 8.53. The second-order valence-electron chi connectivity index (χ2n) is 4.78. The molecule has 2 unspecified atom stereocenters. The highest BCUT2D eigenvalue weighted by Gasteiger charge is 2.56. The van der Waals surface area contributed by atoms with E-state index in [4.69, 9.17) is 4.84 Å². The molecule has 0 saturated carbocycles. The summed E-state index contributed by atoms with van der Waals surface area (Å²) in [5.74, 6) is 0. The number of hydrogen-bond acceptors (Lipinski definition) is 7. The first-order valence-electron chi connectivity index (χ1n) is 6.49. The summed E-state index contributed by atoms with van der Waals surface area (Å²) in [7, 11) is -8.25. The van der Waals surface area contributed by atoms with Crippen molar-refractivity contribution in [1.29, 1.82) is 0 Å². The minimum atomic E-state index is -4.15. The Kier molecular flexibility index (Phi) is 3.87. The van der Waals surface area contributed by atoms with Gasteiger partial charge in [-0.1, -0.05) is 18.2 Å². The molecule has 2 aromatic carbocycles. The topological polar surface area (TPSA) is 127 Å². The molecule has 9 nitrogen and oxygen atoms in total. The van der Waals surface area contributed by atoms with Gasteiger partial charge in [0.05, 0.1) is 14.7 Å². The molecule has 24 heavy (non-hydrogen) atoms. The highest BCUT2D eigenvalue weighted by atomic mass is 32.2. The predicted octanol–water partition coefficient (Wildman–Crippen LogP) is 1.29. The maximum Gasteiger partial charge on any atom is 0.276 e. The maximum atomic E-state index is 12.4. The molecule has 3 rings (SSSR count). The molecule has 0 N–H and O–H groups in total. The van der Waals surface area contributed by atoms with Crippen LogP contribution < -0.4 is 0 Å². The van der Waals surface area contributed by atoms with Gasteiger partial charge in [0.15, 0.2) is 0 Å². The molecule has 0 aromatic heterocycles. The summed E-state index contributed by atoms with van der Waals surface area (Å²) in [6.45, 7) is 0. The van der Waals surface area contributed by atoms with Crippen LogP contribution in [0, 0.1) is 10.1 Å². The van der Waals surface area contributed by atoms with Gasteiger partial charge in [0.1, 0.15) is 0 Å². The fourth-order valence-electron chi connectivity index (χ4n) is 1.97. The van der Waals surface area contributed by atoms with E-state index in [-0.39, 0.29) is 15.5 Å². The quantitative estimate of drug-likeness (QED) is 0.441. The first kappa shape index (κ1) is 16.5. The minimum Gasteiger partial charge on any atom is -0.258 e. The summed E-state index contributed by atoms with van der Waals surface area (Å²) >= 11 is 0. The Balaban J connectivity index is 1.87. The van der Waals surface area contributed by atoms with Crippen molar-refractivity contribution in [2.45, 2.75) is 15.4 Å². The molecular weight excluding hydrogens is 360 g/mol. The maximum absolute atomic E-state index is 12.4. The van der Waals surface area contributed by atoms with Crippen LogP contribution >= 0.6 is 0 Å². The van der Waals surface area contributed by atoms with Crippen molar-refractivity contribution in [1.82, 2.24) is 4.47 Å². The van der Waals surface area contributed by atoms with E-state index in [1.54, 1.807) is 6.07 Å². The van der Waals surface area contributed by atoms with Gasteiger partial charge in [-0.05, 0) is 28.7 Å². The summed E-state index contributed by atoms with van der Waals surface area (Å²) in [5, 5.41) is 10.6. The zero-order valence-corrected chi connectivity index (χ0v) is 13.5. The highest BCUT2D eigenvalue weighted by Crippen LogP contribution is 2.37. The fourth-order valence-corrected chi connectivity index (χ4v) is 5.02. The lowest BCUT2D eigenvalue weighted by Gasteiger charge is -2.03. The van der Waals surface area contributed by atoms with Crippen molar-refractivity contribution >= 4 is 25.5 Å². The van der Waals surface area contributed by atoms with Crippen LogP contribution in [0.15, 0.2) is 64.4 Å². The smallest absolute Gasteiger partial charge is 0.258 e. The van der Waals surface area contributed by atoms with Crippen LogP contribution in [0.5, 0.6) is 0 Å². The monoisotopic (exact) mass is 370 g/mol. The molecule has 2 aromatic rings. The Hall–Kier alpha value is -2.34. The lowest BCUT2D eigenvalue weighted by atomic mass is 10.3. The van der Waals surface area contributed by atoms with Gasteiger partial charge in [0, 0.05) is 12.1 Å². The number of nitro benzene ring substituents is 1. The van der Waals surface area contributed by atoms with Crippen molar-refractivity contribution < 1.29 is 26.6 Å². The third kappa shape index (κ3) is 2.78. The molecule has 1 fully saturated rings. The first-order valence-corrected chi connectivity index (χ1v) is 9.48. The molecule has 0 aliphatic carbocycles. The molecule has 2 atom stereocenters. The number of nitrogens with zero attached hydrogens (tertiary/aromatic N) is 2. The number of benzene rings is 2. The minimum absolute atomic E-state index is 0.105. The lowest BCUT2D eigenvalue weighted by molar-refractivity contribution is -0.384. The Bertz CT molecular complexity index is 986. The van der Waals surface area contributed by atoms with E-state index < -0.39 is 30.3 Å². The summed E-state index contributed by atoms with van der Waals surface area (Å²) in [6.07, 6.45) is 0. The molecule has 0 spiro atoms. The average Bonchev–Trinajstić information content (AvgIpc) is 3.38. The normalized spacial score (nSPS) is 20.5. The van der Waals surface area contributed by atoms with Crippen molar-refractivity contribution in [3.63, 3.8) is 0 Å². The number of hydrogen-bond donors (Lipinski definition) is 0. The van der Waals surface area contributed by atoms with Gasteiger partial charge in [-0.25, -0.2) is 21.7 Å². The van der Waals surface area contributed by atoms with Crippen LogP contribution in [-0.4, -0.2) is 31.8 Å². The van der Waals surface area contributed by atoms with E-state index in [1.807, 2.05) is 0 Å². The van der Waals surface area contributed by atoms with Gasteiger partial charge < -0.3 is 0 Å². The fraction of sp³-hybridized carbons (Fsp3) is 0.0769. The zero-order chi connectivity index (χ0) is 17.5. The summed E-state index contributed by atoms with van der Waals surface area (Å²) in [5.41, 5.74) is -1.97. The highest BCUT2D eigenvalue weighted by molar-refractivity contribution is 7.94. The number of nitro groups is 1. The Labute approximate surface area is 137 Å². The average molecular weight is 370 g/mol. The molecule has 11 heteroatoms. The first-order chi connectivity index (χ1) is 11.2. The largest absolute Gasteiger partial charge is 0.276 e. The SMILES string of the molecule is O=[N+]([O-])c1ccc(S(=O)(=O)C2ON2S(=O)(=O)c2ccccc2)cc1. The predicted molar refractivity (Wildman–Crippen MR) is 80.6 cm³/mol. The molecule has 1 saturated heterocycles. The van der Waals surface area contributed by atoms with Gasteiger partial charge in [0.2, 0.25) is 9.84 Å². The van der Waals surface area contributed by atoms with Crippen LogP contribution in [0.3, 0.4) is 0 Å². The second kappa shape index (κ2) is 5.63. The Morgan fingerprint density at radius 1 is 0.917 bits per heavy atom. The molecule has 1 aliphatic rings. The molecular formula is C13H10N2O7S2. The van der Waals surface area contributed by atoms with Gasteiger partial charge in [-0.3, -0.25) is 10.1 Å². The Morgan fingerprint density at radius 3 is 2.04 bits per heavy atom. The van der Waals surface area contributed by atoms with Crippen LogP contribution in [0.4, 0.5) is 5.69 Å². The van der Waals surface area contributed by atoms with Crippen molar-refractivity contribution in [3.05, 3.63) is 64.7 Å². The van der Waals surface area contributed by atoms with Gasteiger partial charge >= 0.3 is 0 Å². The van der Waals surface area contributed by atoms with E-state index in [0.29, 0.717) is 4.47 Å². The molecule has 0 radical (unpaired) electrons. The molecule has 0 bridgehead atoms.